The molecular formula is C10H11BrN2O5S. The van der Waals surface area contributed by atoms with Crippen LogP contribution >= 0.6 is 15.9 Å². The van der Waals surface area contributed by atoms with Crippen molar-refractivity contribution in [3.63, 3.8) is 0 Å². The molecule has 0 saturated carbocycles. The fraction of sp³-hybridized carbons (Fsp3) is 0.200. The smallest absolute Gasteiger partial charge is 0.335 e. The van der Waals surface area contributed by atoms with Crippen LogP contribution in [-0.2, 0) is 14.8 Å². The van der Waals surface area contributed by atoms with Crippen LogP contribution in [0, 0.1) is 0 Å². The maximum atomic E-state index is 11.9. The summed E-state index contributed by atoms with van der Waals surface area (Å²) in [6, 6.07) is 3.60. The van der Waals surface area contributed by atoms with Crippen LogP contribution in [0.2, 0.25) is 0 Å². The van der Waals surface area contributed by atoms with Gasteiger partial charge in [0.05, 0.1) is 17.0 Å². The van der Waals surface area contributed by atoms with Crippen molar-refractivity contribution < 1.29 is 23.1 Å². The molecule has 0 aromatic heterocycles. The Morgan fingerprint density at radius 3 is 2.53 bits per heavy atom. The average molecular weight is 351 g/mol. The summed E-state index contributed by atoms with van der Waals surface area (Å²) in [5.74, 6) is -1.75. The van der Waals surface area contributed by atoms with Gasteiger partial charge < -0.3 is 10.4 Å². The third-order valence-electron chi connectivity index (χ3n) is 2.17. The molecule has 1 aromatic carbocycles. The summed E-state index contributed by atoms with van der Waals surface area (Å²) in [6.07, 6.45) is 0. The van der Waals surface area contributed by atoms with Gasteiger partial charge in [0.2, 0.25) is 15.9 Å². The van der Waals surface area contributed by atoms with Crippen molar-refractivity contribution in [3.8, 4) is 0 Å². The minimum Gasteiger partial charge on any atom is -0.478 e. The first-order valence-electron chi connectivity index (χ1n) is 5.01. The number of amides is 1. The number of rotatable bonds is 5. The number of carboxylic acids is 1. The second-order valence-electron chi connectivity index (χ2n) is 3.45. The van der Waals surface area contributed by atoms with E-state index < -0.39 is 28.4 Å². The first-order chi connectivity index (χ1) is 8.77. The topological polar surface area (TPSA) is 113 Å². The van der Waals surface area contributed by atoms with E-state index in [1.807, 2.05) is 0 Å². The second-order valence-corrected chi connectivity index (χ2v) is 6.04. The van der Waals surface area contributed by atoms with Crippen LogP contribution in [0.5, 0.6) is 0 Å². The number of carbonyl (C=O) groups is 2. The van der Waals surface area contributed by atoms with Gasteiger partial charge in [-0.05, 0) is 34.1 Å². The lowest BCUT2D eigenvalue weighted by Crippen LogP contribution is -2.35. The molecule has 9 heteroatoms. The summed E-state index contributed by atoms with van der Waals surface area (Å²) in [6.45, 7) is -0.428. The van der Waals surface area contributed by atoms with Gasteiger partial charge >= 0.3 is 5.97 Å². The number of carbonyl (C=O) groups excluding carboxylic acids is 1. The molecule has 0 bridgehead atoms. The molecule has 0 radical (unpaired) electrons. The number of hydrogen-bond acceptors (Lipinski definition) is 4. The van der Waals surface area contributed by atoms with Crippen LogP contribution in [0.25, 0.3) is 0 Å². The zero-order valence-electron chi connectivity index (χ0n) is 9.81. The predicted molar refractivity (Wildman–Crippen MR) is 70.4 cm³/mol. The number of carboxylic acid groups (broad SMARTS) is 1. The van der Waals surface area contributed by atoms with Gasteiger partial charge in [-0.2, -0.15) is 0 Å². The molecule has 3 N–H and O–H groups in total. The molecule has 0 aliphatic rings. The highest BCUT2D eigenvalue weighted by Gasteiger charge is 2.20. The number of hydrogen-bond donors (Lipinski definition) is 3. The minimum atomic E-state index is -3.97. The molecule has 104 valence electrons. The minimum absolute atomic E-state index is 0.163. The lowest BCUT2D eigenvalue weighted by Gasteiger charge is -2.08. The molecule has 1 rings (SSSR count). The molecule has 0 saturated heterocycles. The summed E-state index contributed by atoms with van der Waals surface area (Å²) in [5.41, 5.74) is -0.163. The van der Waals surface area contributed by atoms with Crippen molar-refractivity contribution >= 4 is 37.8 Å². The molecule has 0 unspecified atom stereocenters. The van der Waals surface area contributed by atoms with Gasteiger partial charge in [-0.25, -0.2) is 17.9 Å². The van der Waals surface area contributed by atoms with E-state index in [2.05, 4.69) is 26.0 Å². The Morgan fingerprint density at radius 2 is 2.00 bits per heavy atom. The summed E-state index contributed by atoms with van der Waals surface area (Å²) < 4.78 is 26.1. The first-order valence-corrected chi connectivity index (χ1v) is 7.28. The fourth-order valence-electron chi connectivity index (χ4n) is 1.17. The molecule has 1 aromatic rings. The maximum absolute atomic E-state index is 11.9. The van der Waals surface area contributed by atoms with Crippen molar-refractivity contribution in [2.75, 3.05) is 13.6 Å². The zero-order valence-corrected chi connectivity index (χ0v) is 12.2. The highest BCUT2D eigenvalue weighted by molar-refractivity contribution is 9.10. The predicted octanol–water partition coefficient (Wildman–Crippen LogP) is 0.172. The Kier molecular flexibility index (Phi) is 5.04. The molecule has 0 aliphatic heterocycles. The van der Waals surface area contributed by atoms with E-state index in [9.17, 15) is 18.0 Å². The Bertz CT molecular complexity index is 614. The van der Waals surface area contributed by atoms with E-state index in [0.29, 0.717) is 0 Å². The summed E-state index contributed by atoms with van der Waals surface area (Å²) in [4.78, 5) is 21.6. The van der Waals surface area contributed by atoms with Gasteiger partial charge in [-0.15, -0.1) is 0 Å². The molecule has 0 heterocycles. The third-order valence-corrected chi connectivity index (χ3v) is 4.56. The van der Waals surface area contributed by atoms with Crippen molar-refractivity contribution in [1.82, 2.24) is 10.0 Å². The van der Waals surface area contributed by atoms with E-state index in [1.54, 1.807) is 0 Å². The maximum Gasteiger partial charge on any atom is 0.335 e. The molecule has 19 heavy (non-hydrogen) atoms. The molecule has 1 amide bonds. The summed E-state index contributed by atoms with van der Waals surface area (Å²) in [5, 5.41) is 11.1. The number of aromatic carboxylic acids is 1. The van der Waals surface area contributed by atoms with Crippen LogP contribution in [0.15, 0.2) is 27.6 Å². The SMILES string of the molecule is CNC(=O)CNS(=O)(=O)c1cc(C(=O)O)ccc1Br. The monoisotopic (exact) mass is 350 g/mol. The Balaban J connectivity index is 3.10. The van der Waals surface area contributed by atoms with E-state index in [-0.39, 0.29) is 14.9 Å². The largest absolute Gasteiger partial charge is 0.478 e. The second kappa shape index (κ2) is 6.13. The van der Waals surface area contributed by atoms with Crippen LogP contribution in [0.3, 0.4) is 0 Å². The molecule has 0 fully saturated rings. The van der Waals surface area contributed by atoms with Crippen molar-refractivity contribution in [1.29, 1.82) is 0 Å². The van der Waals surface area contributed by atoms with Crippen LogP contribution in [-0.4, -0.2) is 39.0 Å². The van der Waals surface area contributed by atoms with Crippen molar-refractivity contribution in [2.45, 2.75) is 4.90 Å². The van der Waals surface area contributed by atoms with Crippen LogP contribution < -0.4 is 10.0 Å². The summed E-state index contributed by atoms with van der Waals surface area (Å²) >= 11 is 3.03. The Labute approximate surface area is 118 Å². The molecule has 0 atom stereocenters. The molecule has 7 nitrogen and oxygen atoms in total. The van der Waals surface area contributed by atoms with Gasteiger partial charge in [0.25, 0.3) is 0 Å². The van der Waals surface area contributed by atoms with E-state index in [4.69, 9.17) is 5.11 Å². The van der Waals surface area contributed by atoms with Crippen LogP contribution in [0.4, 0.5) is 0 Å². The first kappa shape index (κ1) is 15.6. The van der Waals surface area contributed by atoms with E-state index in [0.717, 1.165) is 6.07 Å². The van der Waals surface area contributed by atoms with Crippen molar-refractivity contribution in [2.24, 2.45) is 0 Å². The van der Waals surface area contributed by atoms with Gasteiger partial charge in [-0.1, -0.05) is 0 Å². The number of nitrogens with one attached hydrogen (secondary N) is 2. The highest BCUT2D eigenvalue weighted by atomic mass is 79.9. The third kappa shape index (κ3) is 4.01. The molecule has 0 spiro atoms. The standard InChI is InChI=1S/C10H11BrN2O5S/c1-12-9(14)5-13-19(17,18)8-4-6(10(15)16)2-3-7(8)11/h2-4,13H,5H2,1H3,(H,12,14)(H,15,16). The van der Waals surface area contributed by atoms with E-state index >= 15 is 0 Å². The Hall–Kier alpha value is -1.45. The lowest BCUT2D eigenvalue weighted by atomic mass is 10.2. The summed E-state index contributed by atoms with van der Waals surface area (Å²) in [7, 11) is -2.60. The lowest BCUT2D eigenvalue weighted by molar-refractivity contribution is -0.119. The van der Waals surface area contributed by atoms with Gasteiger partial charge in [0, 0.05) is 11.5 Å². The quantitative estimate of drug-likeness (QED) is 0.700. The molecule has 0 aliphatic carbocycles. The number of benzene rings is 1. The highest BCUT2D eigenvalue weighted by Crippen LogP contribution is 2.23. The normalized spacial score (nSPS) is 11.1. The van der Waals surface area contributed by atoms with Gasteiger partial charge in [0.15, 0.2) is 0 Å². The van der Waals surface area contributed by atoms with Gasteiger partial charge in [-0.3, -0.25) is 4.79 Å². The van der Waals surface area contributed by atoms with Gasteiger partial charge in [0.1, 0.15) is 0 Å². The van der Waals surface area contributed by atoms with Crippen molar-refractivity contribution in [3.05, 3.63) is 28.2 Å². The Morgan fingerprint density at radius 1 is 1.37 bits per heavy atom. The number of likely N-dealkylation sites (N-methyl/N-ethyl adjacent to an activating group) is 1. The van der Waals surface area contributed by atoms with Crippen LogP contribution in [0.1, 0.15) is 10.4 Å². The average Bonchev–Trinajstić information content (AvgIpc) is 2.36. The zero-order chi connectivity index (χ0) is 14.6. The number of halogens is 1. The molecular weight excluding hydrogens is 340 g/mol. The van der Waals surface area contributed by atoms with E-state index in [1.165, 1.54) is 19.2 Å². The number of sulfonamides is 1. The fourth-order valence-corrected chi connectivity index (χ4v) is 3.14.